The second-order valence-electron chi connectivity index (χ2n) is 0.894. The summed E-state index contributed by atoms with van der Waals surface area (Å²) in [5.41, 5.74) is 0. The average Bonchev–Trinajstić information content (AvgIpc) is 1.76. The zero-order valence-electron chi connectivity index (χ0n) is 11.7. The van der Waals surface area contributed by atoms with Crippen molar-refractivity contribution in [2.75, 3.05) is 0 Å². The standard InChI is InChI=1S/4NO3.9H2O.Th/c4*2-1(3)4;;;;;;;;;;/h;;;;9*1H2;/q4*-1;;;;;;;;;;+4. The predicted molar refractivity (Wildman–Crippen MR) is 74.0 cm³/mol. The first kappa shape index (κ1) is 129. The van der Waals surface area contributed by atoms with E-state index < -0.39 is 20.3 Å². The topological polar surface area (TPSA) is 548 Å². The van der Waals surface area contributed by atoms with E-state index >= 15 is 0 Å². The van der Waals surface area contributed by atoms with E-state index in [0.717, 1.165) is 0 Å². The summed E-state index contributed by atoms with van der Waals surface area (Å²) in [5.74, 6) is 0. The molecule has 0 spiro atoms. The molecule has 0 unspecified atom stereocenters. The van der Waals surface area contributed by atoms with Gasteiger partial charge in [0, 0.05) is 0 Å². The smallest absolute Gasteiger partial charge is 0.412 e. The molecular weight excluding hydrogens is 624 g/mol. The quantitative estimate of drug-likeness (QED) is 0.176. The van der Waals surface area contributed by atoms with Crippen molar-refractivity contribution in [1.29, 1.82) is 0 Å². The second kappa shape index (κ2) is 113. The monoisotopic (exact) mass is 642 g/mol. The van der Waals surface area contributed by atoms with Gasteiger partial charge in [-0.05, 0) is 0 Å². The molecule has 26 heteroatoms. The molecule has 0 fully saturated rings. The summed E-state index contributed by atoms with van der Waals surface area (Å²) in [5, 5.41) is 59.0. The van der Waals surface area contributed by atoms with E-state index in [-0.39, 0.29) is 89.2 Å². The third-order valence-electron chi connectivity index (χ3n) is 0. The molecule has 18 N–H and O–H groups in total. The van der Waals surface area contributed by atoms with Crippen molar-refractivity contribution in [2.24, 2.45) is 0 Å². The Hall–Kier alpha value is -2.24. The van der Waals surface area contributed by atoms with Crippen LogP contribution in [0, 0.1) is 101 Å². The number of nitrogens with zero attached hydrogens (tertiary/aromatic N) is 4. The van der Waals surface area contributed by atoms with Gasteiger partial charge in [-0.15, -0.1) is 0 Å². The van der Waals surface area contributed by atoms with Crippen molar-refractivity contribution in [1.82, 2.24) is 0 Å². The van der Waals surface area contributed by atoms with Crippen molar-refractivity contribution in [3.63, 3.8) is 0 Å². The van der Waals surface area contributed by atoms with E-state index in [1.807, 2.05) is 0 Å². The van der Waals surface area contributed by atoms with Gasteiger partial charge in [0.15, 0.2) is 0 Å². The molecule has 0 aliphatic heterocycles. The van der Waals surface area contributed by atoms with Gasteiger partial charge < -0.3 is 111 Å². The maximum Gasteiger partial charge on any atom is 4.00 e. The zero-order chi connectivity index (χ0) is 14.3. The number of hydrogen-bond donors (Lipinski definition) is 0. The van der Waals surface area contributed by atoms with Gasteiger partial charge in [-0.3, -0.25) is 0 Å². The minimum atomic E-state index is -1.75. The van der Waals surface area contributed by atoms with Gasteiger partial charge in [0.25, 0.3) is 0 Å². The molecule has 0 bridgehead atoms. The van der Waals surface area contributed by atoms with Crippen molar-refractivity contribution in [3.05, 3.63) is 61.3 Å². The molecule has 0 atom stereocenters. The summed E-state index contributed by atoms with van der Waals surface area (Å²) in [7, 11) is 0. The molecule has 0 radical (unpaired) electrons. The molecule has 0 aromatic carbocycles. The molecule has 25 nitrogen and oxygen atoms in total. The Kier molecular flexibility index (Phi) is 562. The van der Waals surface area contributed by atoms with Crippen LogP contribution in [0.25, 0.3) is 0 Å². The third kappa shape index (κ3) is 1880. The van der Waals surface area contributed by atoms with Crippen molar-refractivity contribution in [3.8, 4) is 0 Å². The van der Waals surface area contributed by atoms with E-state index in [9.17, 15) is 0 Å². The van der Waals surface area contributed by atoms with Crippen LogP contribution in [-0.2, 0) is 0 Å². The molecule has 0 aromatic heterocycles. The van der Waals surface area contributed by atoms with Crippen LogP contribution in [0.5, 0.6) is 0 Å². The Morgan fingerprint density at radius 3 is 0.308 bits per heavy atom. The van der Waals surface area contributed by atoms with E-state index in [0.29, 0.717) is 0 Å². The van der Waals surface area contributed by atoms with Gasteiger partial charge >= 0.3 is 39.9 Å². The van der Waals surface area contributed by atoms with Crippen LogP contribution in [0.3, 0.4) is 0 Å². The fraction of sp³-hybridized carbons (Fsp3) is 0. The van der Waals surface area contributed by atoms with E-state index in [1.165, 1.54) is 0 Å². The summed E-state index contributed by atoms with van der Waals surface area (Å²) in [4.78, 5) is 33.0. The van der Waals surface area contributed by atoms with Gasteiger partial charge in [-0.1, -0.05) is 0 Å². The van der Waals surface area contributed by atoms with Crippen LogP contribution < -0.4 is 0 Å². The maximum absolute atomic E-state index is 8.25. The molecule has 0 aliphatic carbocycles. The van der Waals surface area contributed by atoms with Crippen molar-refractivity contribution < 1.29 is 110 Å². The number of hydrogen-bond acceptors (Lipinski definition) is 12. The molecule has 0 amide bonds. The largest absolute Gasteiger partial charge is 4.00 e. The third-order valence-corrected chi connectivity index (χ3v) is 0. The van der Waals surface area contributed by atoms with E-state index in [4.69, 9.17) is 61.3 Å². The molecule has 0 aliphatic rings. The minimum absolute atomic E-state index is 0. The van der Waals surface area contributed by atoms with Gasteiger partial charge in [0.2, 0.25) is 0 Å². The molecule has 0 rings (SSSR count). The first-order valence-electron chi connectivity index (χ1n) is 2.19. The molecule has 0 saturated carbocycles. The summed E-state index contributed by atoms with van der Waals surface area (Å²) in [6.07, 6.45) is 0. The van der Waals surface area contributed by atoms with Gasteiger partial charge in [0.05, 0.1) is 20.3 Å². The van der Waals surface area contributed by atoms with Crippen LogP contribution in [0.2, 0.25) is 0 Å². The van der Waals surface area contributed by atoms with Gasteiger partial charge in [0.1, 0.15) is 0 Å². The fourth-order valence-electron chi connectivity index (χ4n) is 0. The molecule has 0 aromatic rings. The minimum Gasteiger partial charge on any atom is -0.412 e. The van der Waals surface area contributed by atoms with Gasteiger partial charge in [-0.2, -0.15) is 0 Å². The Bertz CT molecular complexity index is 162. The maximum atomic E-state index is 8.25. The first-order chi connectivity index (χ1) is 6.93. The van der Waals surface area contributed by atoms with Gasteiger partial charge in [-0.25, -0.2) is 0 Å². The fourth-order valence-corrected chi connectivity index (χ4v) is 0. The van der Waals surface area contributed by atoms with Crippen LogP contribution in [0.1, 0.15) is 0 Å². The zero-order valence-corrected chi connectivity index (χ0v) is 15.8. The summed E-state index contributed by atoms with van der Waals surface area (Å²) < 4.78 is 0. The molecule has 0 saturated heterocycles. The van der Waals surface area contributed by atoms with Crippen LogP contribution >= 0.6 is 0 Å². The summed E-state index contributed by atoms with van der Waals surface area (Å²) in [6.45, 7) is 0. The SMILES string of the molecule is O.O.O.O.O.O.O.O.O.O=[N+]([O-])[O-].O=[N+]([O-])[O-].O=[N+]([O-])[O-].O=[N+]([O-])[O-].[Th+4]. The first-order valence-corrected chi connectivity index (χ1v) is 2.19. The molecule has 168 valence electrons. The molecule has 0 heterocycles. The Morgan fingerprint density at radius 2 is 0.308 bits per heavy atom. The van der Waals surface area contributed by atoms with Crippen LogP contribution in [0.15, 0.2) is 0 Å². The molecular formula is H18N4O21Th. The van der Waals surface area contributed by atoms with Crippen molar-refractivity contribution in [2.45, 2.75) is 0 Å². The van der Waals surface area contributed by atoms with Crippen LogP contribution in [0.4, 0.5) is 0 Å². The Morgan fingerprint density at radius 1 is 0.308 bits per heavy atom. The van der Waals surface area contributed by atoms with E-state index in [1.54, 1.807) is 0 Å². The second-order valence-corrected chi connectivity index (χ2v) is 0.894. The average molecular weight is 642 g/mol. The molecule has 26 heavy (non-hydrogen) atoms. The predicted octanol–water partition coefficient (Wildman–Crippen LogP) is -8.38. The van der Waals surface area contributed by atoms with Crippen LogP contribution in [-0.4, -0.2) is 69.6 Å². The summed E-state index contributed by atoms with van der Waals surface area (Å²) in [6, 6.07) is 0. The summed E-state index contributed by atoms with van der Waals surface area (Å²) >= 11 is 0. The number of rotatable bonds is 0. The van der Waals surface area contributed by atoms with Crippen molar-refractivity contribution >= 4 is 0 Å². The normalized spacial score (nSPS) is 3.69. The Balaban J connectivity index is -0.00000000545. The van der Waals surface area contributed by atoms with E-state index in [2.05, 4.69) is 0 Å². The Labute approximate surface area is 171 Å².